The first kappa shape index (κ1) is 17.4. The van der Waals surface area contributed by atoms with Crippen molar-refractivity contribution in [2.45, 2.75) is 45.1 Å². The number of aliphatic hydroxyl groups excluding tert-OH is 1. The van der Waals surface area contributed by atoms with E-state index in [1.54, 1.807) is 6.07 Å². The minimum atomic E-state index is -3.59. The van der Waals surface area contributed by atoms with Gasteiger partial charge in [0.15, 0.2) is 0 Å². The van der Waals surface area contributed by atoms with Crippen LogP contribution in [0.15, 0.2) is 23.1 Å². The highest BCUT2D eigenvalue weighted by molar-refractivity contribution is 7.89. The van der Waals surface area contributed by atoms with Crippen LogP contribution < -0.4 is 4.72 Å². The van der Waals surface area contributed by atoms with Gasteiger partial charge in [-0.3, -0.25) is 0 Å². The van der Waals surface area contributed by atoms with Crippen LogP contribution in [0.25, 0.3) is 0 Å². The lowest BCUT2D eigenvalue weighted by atomic mass is 9.87. The van der Waals surface area contributed by atoms with Gasteiger partial charge in [-0.25, -0.2) is 13.1 Å². The monoisotopic (exact) mass is 319 g/mol. The number of aliphatic hydroxyl groups is 1. The molecule has 0 bridgehead atoms. The Morgan fingerprint density at radius 2 is 1.95 bits per heavy atom. The second-order valence-corrected chi connectivity index (χ2v) is 8.15. The van der Waals surface area contributed by atoms with Crippen molar-refractivity contribution in [1.29, 1.82) is 0 Å². The fourth-order valence-electron chi connectivity index (χ4n) is 1.59. The van der Waals surface area contributed by atoms with E-state index in [9.17, 15) is 13.5 Å². The maximum atomic E-state index is 12.1. The van der Waals surface area contributed by atoms with E-state index in [1.165, 1.54) is 12.1 Å². The molecule has 0 spiro atoms. The van der Waals surface area contributed by atoms with Gasteiger partial charge in [-0.15, -0.1) is 0 Å². The van der Waals surface area contributed by atoms with Crippen LogP contribution in [0.2, 0.25) is 5.02 Å². The summed E-state index contributed by atoms with van der Waals surface area (Å²) in [4.78, 5) is 0.137. The number of aryl methyl sites for hydroxylation is 1. The molecule has 4 nitrogen and oxygen atoms in total. The molecule has 2 N–H and O–H groups in total. The molecule has 0 fully saturated rings. The molecule has 0 aliphatic heterocycles. The summed E-state index contributed by atoms with van der Waals surface area (Å²) < 4.78 is 26.6. The fourth-order valence-corrected chi connectivity index (χ4v) is 2.91. The van der Waals surface area contributed by atoms with Crippen molar-refractivity contribution >= 4 is 21.6 Å². The highest BCUT2D eigenvalue weighted by Crippen LogP contribution is 2.22. The first-order chi connectivity index (χ1) is 9.04. The number of rotatable bonds is 5. The molecular formula is C14H22ClNO3S. The average molecular weight is 320 g/mol. The van der Waals surface area contributed by atoms with E-state index in [2.05, 4.69) is 4.72 Å². The number of hydrogen-bond donors (Lipinski definition) is 2. The number of benzene rings is 1. The molecule has 0 aliphatic rings. The van der Waals surface area contributed by atoms with E-state index in [4.69, 9.17) is 11.6 Å². The summed E-state index contributed by atoms with van der Waals surface area (Å²) in [6.07, 6.45) is -0.200. The van der Waals surface area contributed by atoms with Gasteiger partial charge in [0.2, 0.25) is 10.0 Å². The van der Waals surface area contributed by atoms with E-state index in [-0.39, 0.29) is 16.9 Å². The van der Waals surface area contributed by atoms with Crippen molar-refractivity contribution in [3.8, 4) is 0 Å². The van der Waals surface area contributed by atoms with Crippen molar-refractivity contribution in [1.82, 2.24) is 4.72 Å². The van der Waals surface area contributed by atoms with Crippen LogP contribution in [0.4, 0.5) is 0 Å². The lowest BCUT2D eigenvalue weighted by Crippen LogP contribution is -2.32. The summed E-state index contributed by atoms with van der Waals surface area (Å²) >= 11 is 5.93. The summed E-state index contributed by atoms with van der Waals surface area (Å²) in [7, 11) is -3.59. The number of halogens is 1. The molecule has 114 valence electrons. The maximum Gasteiger partial charge on any atom is 0.240 e. The van der Waals surface area contributed by atoms with E-state index in [0.29, 0.717) is 11.4 Å². The summed E-state index contributed by atoms with van der Waals surface area (Å²) in [6, 6.07) is 4.62. The zero-order valence-corrected chi connectivity index (χ0v) is 13.8. The quantitative estimate of drug-likeness (QED) is 0.877. The summed E-state index contributed by atoms with van der Waals surface area (Å²) in [5.74, 6) is 0. The van der Waals surface area contributed by atoms with Gasteiger partial charge < -0.3 is 5.11 Å². The van der Waals surface area contributed by atoms with Crippen LogP contribution >= 0.6 is 11.6 Å². The molecule has 1 aromatic rings. The molecule has 1 unspecified atom stereocenters. The second-order valence-electron chi connectivity index (χ2n) is 5.98. The van der Waals surface area contributed by atoms with E-state index in [1.807, 2.05) is 27.7 Å². The lowest BCUT2D eigenvalue weighted by Gasteiger charge is -2.25. The summed E-state index contributed by atoms with van der Waals surface area (Å²) in [5, 5.41) is 10.3. The smallest absolute Gasteiger partial charge is 0.240 e. The molecule has 1 atom stereocenters. The first-order valence-electron chi connectivity index (χ1n) is 6.48. The Kier molecular flexibility index (Phi) is 5.61. The number of hydrogen-bond acceptors (Lipinski definition) is 3. The fraction of sp³-hybridized carbons (Fsp3) is 0.571. The van der Waals surface area contributed by atoms with E-state index in [0.717, 1.165) is 5.56 Å². The highest BCUT2D eigenvalue weighted by Gasteiger charge is 2.22. The van der Waals surface area contributed by atoms with Gasteiger partial charge in [0.25, 0.3) is 0 Å². The van der Waals surface area contributed by atoms with Crippen molar-refractivity contribution < 1.29 is 13.5 Å². The van der Waals surface area contributed by atoms with Crippen LogP contribution in [0.3, 0.4) is 0 Å². The molecule has 6 heteroatoms. The Morgan fingerprint density at radius 3 is 2.45 bits per heavy atom. The van der Waals surface area contributed by atoms with Crippen LogP contribution in [0.1, 0.15) is 32.8 Å². The summed E-state index contributed by atoms with van der Waals surface area (Å²) in [5.41, 5.74) is 0.562. The van der Waals surface area contributed by atoms with Crippen molar-refractivity contribution in [3.63, 3.8) is 0 Å². The van der Waals surface area contributed by atoms with Gasteiger partial charge in [0.1, 0.15) is 0 Å². The van der Waals surface area contributed by atoms with Crippen LogP contribution in [-0.4, -0.2) is 26.2 Å². The largest absolute Gasteiger partial charge is 0.393 e. The van der Waals surface area contributed by atoms with Crippen LogP contribution in [0.5, 0.6) is 0 Å². The van der Waals surface area contributed by atoms with E-state index < -0.39 is 16.1 Å². The second kappa shape index (κ2) is 6.43. The molecule has 1 rings (SSSR count). The maximum absolute atomic E-state index is 12.1. The molecule has 0 heterocycles. The average Bonchev–Trinajstić information content (AvgIpc) is 2.31. The predicted molar refractivity (Wildman–Crippen MR) is 81.5 cm³/mol. The topological polar surface area (TPSA) is 66.4 Å². The van der Waals surface area contributed by atoms with E-state index >= 15 is 0 Å². The molecular weight excluding hydrogens is 298 g/mol. The SMILES string of the molecule is Cc1ccc(S(=O)(=O)NCCC(O)C(C)(C)C)cc1Cl. The lowest BCUT2D eigenvalue weighted by molar-refractivity contribution is 0.0571. The highest BCUT2D eigenvalue weighted by atomic mass is 35.5. The number of nitrogens with one attached hydrogen (secondary N) is 1. The third-order valence-corrected chi connectivity index (χ3v) is 5.03. The van der Waals surface area contributed by atoms with Crippen molar-refractivity contribution in [3.05, 3.63) is 28.8 Å². The Labute approximate surface area is 126 Å². The molecule has 0 saturated heterocycles. The summed E-state index contributed by atoms with van der Waals surface area (Å²) in [6.45, 7) is 7.72. The molecule has 20 heavy (non-hydrogen) atoms. The molecule has 0 saturated carbocycles. The molecule has 1 aromatic carbocycles. The molecule has 0 aliphatic carbocycles. The van der Waals surface area contributed by atoms with Crippen LogP contribution in [0, 0.1) is 12.3 Å². The Morgan fingerprint density at radius 1 is 1.35 bits per heavy atom. The van der Waals surface area contributed by atoms with Crippen LogP contribution in [-0.2, 0) is 10.0 Å². The number of sulfonamides is 1. The third-order valence-electron chi connectivity index (χ3n) is 3.16. The van der Waals surface area contributed by atoms with Crippen molar-refractivity contribution in [2.75, 3.05) is 6.54 Å². The van der Waals surface area contributed by atoms with Gasteiger partial charge in [-0.2, -0.15) is 0 Å². The standard InChI is InChI=1S/C14H22ClNO3S/c1-10-5-6-11(9-12(10)15)20(18,19)16-8-7-13(17)14(2,3)4/h5-6,9,13,16-17H,7-8H2,1-4H3. The Hall–Kier alpha value is -0.620. The Bertz CT molecular complexity index is 564. The van der Waals surface area contributed by atoms with Gasteiger partial charge >= 0.3 is 0 Å². The molecule has 0 radical (unpaired) electrons. The molecule has 0 amide bonds. The van der Waals surface area contributed by atoms with Gasteiger partial charge in [0, 0.05) is 11.6 Å². The predicted octanol–water partition coefficient (Wildman–Crippen LogP) is 2.72. The van der Waals surface area contributed by atoms with Gasteiger partial charge in [0.05, 0.1) is 11.0 Å². The van der Waals surface area contributed by atoms with Crippen molar-refractivity contribution in [2.24, 2.45) is 5.41 Å². The minimum absolute atomic E-state index is 0.137. The normalized spacial score (nSPS) is 14.3. The zero-order valence-electron chi connectivity index (χ0n) is 12.3. The molecule has 0 aromatic heterocycles. The Balaban J connectivity index is 2.69. The first-order valence-corrected chi connectivity index (χ1v) is 8.34. The third kappa shape index (κ3) is 4.74. The zero-order chi connectivity index (χ0) is 15.6. The minimum Gasteiger partial charge on any atom is -0.393 e. The van der Waals surface area contributed by atoms with Gasteiger partial charge in [-0.1, -0.05) is 38.4 Å². The van der Waals surface area contributed by atoms with Gasteiger partial charge in [-0.05, 0) is 36.5 Å².